The second-order valence-corrected chi connectivity index (χ2v) is 3.71. The van der Waals surface area contributed by atoms with Crippen molar-refractivity contribution in [2.75, 3.05) is 6.61 Å². The third-order valence-electron chi connectivity index (χ3n) is 2.22. The van der Waals surface area contributed by atoms with Gasteiger partial charge in [-0.15, -0.1) is 0 Å². The quantitative estimate of drug-likeness (QED) is 0.730. The summed E-state index contributed by atoms with van der Waals surface area (Å²) in [5.41, 5.74) is 7.62. The zero-order chi connectivity index (χ0) is 11.1. The molecular weight excluding hydrogens is 188 g/mol. The molecule has 1 heterocycles. The molecule has 15 heavy (non-hydrogen) atoms. The van der Waals surface area contributed by atoms with Crippen molar-refractivity contribution in [2.24, 2.45) is 5.73 Å². The molecule has 0 saturated heterocycles. The van der Waals surface area contributed by atoms with Crippen LogP contribution in [0.25, 0.3) is 0 Å². The molecule has 0 aliphatic carbocycles. The van der Waals surface area contributed by atoms with Crippen LogP contribution in [0.4, 0.5) is 0 Å². The number of nitrogens with two attached hydrogens (primary N) is 1. The van der Waals surface area contributed by atoms with E-state index in [0.717, 1.165) is 24.3 Å². The van der Waals surface area contributed by atoms with Crippen LogP contribution in [-0.4, -0.2) is 11.6 Å². The van der Waals surface area contributed by atoms with Crippen LogP contribution in [0.5, 0.6) is 5.88 Å². The molecule has 0 amide bonds. The van der Waals surface area contributed by atoms with Crippen molar-refractivity contribution in [1.29, 1.82) is 0 Å². The van der Waals surface area contributed by atoms with Gasteiger partial charge in [0.05, 0.1) is 6.61 Å². The molecule has 1 aromatic heterocycles. The van der Waals surface area contributed by atoms with Crippen LogP contribution in [-0.2, 0) is 6.54 Å². The molecule has 0 bridgehead atoms. The van der Waals surface area contributed by atoms with Crippen molar-refractivity contribution < 1.29 is 4.74 Å². The molecule has 3 heteroatoms. The van der Waals surface area contributed by atoms with Gasteiger partial charge in [0.15, 0.2) is 0 Å². The van der Waals surface area contributed by atoms with Gasteiger partial charge in [0, 0.05) is 18.3 Å². The summed E-state index contributed by atoms with van der Waals surface area (Å²) >= 11 is 0. The van der Waals surface area contributed by atoms with Crippen LogP contribution in [0.2, 0.25) is 0 Å². The standard InChI is InChI=1S/C12H20N2O/c1-3-4-5-6-15-12-8-11(9-13)7-10(2)14-12/h7-8H,3-6,9,13H2,1-2H3. The largest absolute Gasteiger partial charge is 0.478 e. The summed E-state index contributed by atoms with van der Waals surface area (Å²) in [7, 11) is 0. The molecule has 0 spiro atoms. The van der Waals surface area contributed by atoms with Gasteiger partial charge in [-0.2, -0.15) is 0 Å². The second kappa shape index (κ2) is 6.40. The first kappa shape index (κ1) is 12.0. The number of pyridine rings is 1. The van der Waals surface area contributed by atoms with Gasteiger partial charge in [0.25, 0.3) is 0 Å². The fourth-order valence-corrected chi connectivity index (χ4v) is 1.43. The molecule has 0 aliphatic heterocycles. The first-order valence-electron chi connectivity index (χ1n) is 5.56. The number of hydrogen-bond donors (Lipinski definition) is 1. The van der Waals surface area contributed by atoms with Gasteiger partial charge in [-0.3, -0.25) is 0 Å². The number of hydrogen-bond acceptors (Lipinski definition) is 3. The topological polar surface area (TPSA) is 48.1 Å². The third-order valence-corrected chi connectivity index (χ3v) is 2.22. The fraction of sp³-hybridized carbons (Fsp3) is 0.583. The number of aromatic nitrogens is 1. The van der Waals surface area contributed by atoms with E-state index in [0.29, 0.717) is 12.4 Å². The minimum absolute atomic E-state index is 0.536. The highest BCUT2D eigenvalue weighted by Gasteiger charge is 1.99. The fourth-order valence-electron chi connectivity index (χ4n) is 1.43. The number of nitrogens with zero attached hydrogens (tertiary/aromatic N) is 1. The molecule has 2 N–H and O–H groups in total. The molecule has 1 aromatic rings. The van der Waals surface area contributed by atoms with E-state index in [2.05, 4.69) is 11.9 Å². The van der Waals surface area contributed by atoms with Crippen molar-refractivity contribution in [3.63, 3.8) is 0 Å². The Bertz CT molecular complexity index is 300. The Balaban J connectivity index is 2.49. The lowest BCUT2D eigenvalue weighted by Crippen LogP contribution is -2.03. The second-order valence-electron chi connectivity index (χ2n) is 3.71. The van der Waals surface area contributed by atoms with E-state index in [1.54, 1.807) is 0 Å². The summed E-state index contributed by atoms with van der Waals surface area (Å²) in [4.78, 5) is 4.30. The van der Waals surface area contributed by atoms with Crippen LogP contribution < -0.4 is 10.5 Å². The van der Waals surface area contributed by atoms with E-state index in [-0.39, 0.29) is 0 Å². The Kier molecular flexibility index (Phi) is 5.12. The van der Waals surface area contributed by atoms with Crippen LogP contribution in [0.3, 0.4) is 0 Å². The molecule has 0 aliphatic rings. The Morgan fingerprint density at radius 2 is 2.13 bits per heavy atom. The van der Waals surface area contributed by atoms with E-state index in [1.165, 1.54) is 12.8 Å². The number of aryl methyl sites for hydroxylation is 1. The van der Waals surface area contributed by atoms with Gasteiger partial charge in [-0.1, -0.05) is 19.8 Å². The zero-order valence-electron chi connectivity index (χ0n) is 9.62. The predicted molar refractivity (Wildman–Crippen MR) is 61.9 cm³/mol. The van der Waals surface area contributed by atoms with Gasteiger partial charge >= 0.3 is 0 Å². The highest BCUT2D eigenvalue weighted by molar-refractivity contribution is 5.24. The van der Waals surface area contributed by atoms with Crippen LogP contribution in [0.15, 0.2) is 12.1 Å². The average Bonchev–Trinajstić information content (AvgIpc) is 2.23. The lowest BCUT2D eigenvalue weighted by molar-refractivity contribution is 0.294. The SMILES string of the molecule is CCCCCOc1cc(CN)cc(C)n1. The number of unbranched alkanes of at least 4 members (excludes halogenated alkanes) is 2. The van der Waals surface area contributed by atoms with Crippen molar-refractivity contribution in [1.82, 2.24) is 4.98 Å². The lowest BCUT2D eigenvalue weighted by Gasteiger charge is -2.07. The van der Waals surface area contributed by atoms with Crippen molar-refractivity contribution >= 4 is 0 Å². The van der Waals surface area contributed by atoms with E-state index >= 15 is 0 Å². The predicted octanol–water partition coefficient (Wildman–Crippen LogP) is 2.42. The van der Waals surface area contributed by atoms with Crippen LogP contribution >= 0.6 is 0 Å². The third kappa shape index (κ3) is 4.30. The maximum absolute atomic E-state index is 5.58. The Morgan fingerprint density at radius 1 is 1.33 bits per heavy atom. The normalized spacial score (nSPS) is 10.3. The summed E-state index contributed by atoms with van der Waals surface area (Å²) < 4.78 is 5.56. The van der Waals surface area contributed by atoms with Gasteiger partial charge in [0.1, 0.15) is 0 Å². The summed E-state index contributed by atoms with van der Waals surface area (Å²) in [5, 5.41) is 0. The summed E-state index contributed by atoms with van der Waals surface area (Å²) in [5.74, 6) is 0.701. The average molecular weight is 208 g/mol. The molecule has 0 radical (unpaired) electrons. The van der Waals surface area contributed by atoms with Gasteiger partial charge < -0.3 is 10.5 Å². The summed E-state index contributed by atoms with van der Waals surface area (Å²) in [6.07, 6.45) is 3.50. The number of ether oxygens (including phenoxy) is 1. The first-order valence-corrected chi connectivity index (χ1v) is 5.56. The molecule has 84 valence electrons. The van der Waals surface area contributed by atoms with Crippen molar-refractivity contribution in [3.8, 4) is 5.88 Å². The molecule has 0 fully saturated rings. The molecule has 0 unspecified atom stereocenters. The molecule has 0 aromatic carbocycles. The minimum atomic E-state index is 0.536. The van der Waals surface area contributed by atoms with Crippen LogP contribution in [0, 0.1) is 6.92 Å². The van der Waals surface area contributed by atoms with Gasteiger partial charge in [-0.05, 0) is 25.0 Å². The van der Waals surface area contributed by atoms with Crippen molar-refractivity contribution in [3.05, 3.63) is 23.4 Å². The first-order chi connectivity index (χ1) is 7.26. The lowest BCUT2D eigenvalue weighted by atomic mass is 10.2. The molecule has 0 atom stereocenters. The highest BCUT2D eigenvalue weighted by atomic mass is 16.5. The smallest absolute Gasteiger partial charge is 0.213 e. The minimum Gasteiger partial charge on any atom is -0.478 e. The highest BCUT2D eigenvalue weighted by Crippen LogP contribution is 2.12. The monoisotopic (exact) mass is 208 g/mol. The van der Waals surface area contributed by atoms with E-state index in [1.807, 2.05) is 19.1 Å². The Hall–Kier alpha value is -1.09. The maximum Gasteiger partial charge on any atom is 0.213 e. The van der Waals surface area contributed by atoms with Gasteiger partial charge in [-0.25, -0.2) is 4.98 Å². The van der Waals surface area contributed by atoms with E-state index < -0.39 is 0 Å². The maximum atomic E-state index is 5.58. The summed E-state index contributed by atoms with van der Waals surface area (Å²) in [6, 6.07) is 3.90. The zero-order valence-corrected chi connectivity index (χ0v) is 9.62. The molecular formula is C12H20N2O. The summed E-state index contributed by atoms with van der Waals surface area (Å²) in [6.45, 7) is 5.42. The molecule has 1 rings (SSSR count). The van der Waals surface area contributed by atoms with E-state index in [4.69, 9.17) is 10.5 Å². The number of rotatable bonds is 6. The van der Waals surface area contributed by atoms with Crippen LogP contribution in [0.1, 0.15) is 37.4 Å². The molecule has 3 nitrogen and oxygen atoms in total. The van der Waals surface area contributed by atoms with Gasteiger partial charge in [0.2, 0.25) is 5.88 Å². The molecule has 0 saturated carbocycles. The Morgan fingerprint density at radius 3 is 2.80 bits per heavy atom. The van der Waals surface area contributed by atoms with Crippen molar-refractivity contribution in [2.45, 2.75) is 39.7 Å². The van der Waals surface area contributed by atoms with E-state index in [9.17, 15) is 0 Å². The Labute approximate surface area is 91.7 Å².